The molecule has 0 spiro atoms. The van der Waals surface area contributed by atoms with E-state index in [1.54, 1.807) is 0 Å². The van der Waals surface area contributed by atoms with Gasteiger partial charge in [0.1, 0.15) is 0 Å². The highest BCUT2D eigenvalue weighted by molar-refractivity contribution is 6.75. The minimum Gasteiger partial charge on any atom is -0.414 e. The summed E-state index contributed by atoms with van der Waals surface area (Å²) >= 11 is 5.41. The van der Waals surface area contributed by atoms with Gasteiger partial charge in [0.2, 0.25) is 11.1 Å². The summed E-state index contributed by atoms with van der Waals surface area (Å²) < 4.78 is 22.0. The molecule has 2 rings (SSSR count). The zero-order chi connectivity index (χ0) is 41.2. The van der Waals surface area contributed by atoms with Crippen LogP contribution in [0.3, 0.4) is 0 Å². The van der Waals surface area contributed by atoms with Gasteiger partial charge in [-0.2, -0.15) is 0 Å². The van der Waals surface area contributed by atoms with Crippen LogP contribution in [0.4, 0.5) is 0 Å². The summed E-state index contributed by atoms with van der Waals surface area (Å²) in [6, 6.07) is 10.9. The van der Waals surface area contributed by atoms with Crippen LogP contribution < -0.4 is 5.32 Å². The number of aryl methyl sites for hydroxylation is 1. The van der Waals surface area contributed by atoms with Crippen LogP contribution in [0.1, 0.15) is 126 Å². The van der Waals surface area contributed by atoms with Crippen molar-refractivity contribution in [3.63, 3.8) is 0 Å². The first kappa shape index (κ1) is 49.1. The first-order valence-corrected chi connectivity index (χ1v) is 29.9. The number of carbonyl (C=O) groups excluding carboxylic acids is 2. The van der Waals surface area contributed by atoms with Crippen LogP contribution in [0.25, 0.3) is 0 Å². The lowest BCUT2D eigenvalue weighted by Gasteiger charge is -2.41. The van der Waals surface area contributed by atoms with E-state index in [2.05, 4.69) is 149 Å². The van der Waals surface area contributed by atoms with Crippen molar-refractivity contribution in [3.8, 4) is 0 Å². The van der Waals surface area contributed by atoms with Crippen molar-refractivity contribution in [2.24, 2.45) is 11.8 Å². The van der Waals surface area contributed by atoms with Crippen LogP contribution in [0, 0.1) is 11.8 Å². The number of halogens is 1. The number of rotatable bonds is 21. The van der Waals surface area contributed by atoms with Gasteiger partial charge < -0.3 is 18.6 Å². The molecule has 54 heavy (non-hydrogen) atoms. The molecule has 1 aliphatic carbocycles. The molecule has 10 heteroatoms. The highest BCUT2D eigenvalue weighted by Crippen LogP contribution is 2.49. The fraction of sp³-hybridized carbons (Fsp3) is 0.773. The van der Waals surface area contributed by atoms with E-state index in [0.29, 0.717) is 24.8 Å². The standard InChI is InChI=1S/C44H80ClNO5Si3/c1-42(2,3)52(10,11)49-35(28-27-34-23-19-18-20-24-34)29-30-37-36(25-21-16-17-22-26-41(48)46-32-31-40(45)47)38(50-53(12,13)43(4,5)6)33-39(37)51-54(14,15)44(7,8)9/h16,18-21,23-24,35-39H,17,22,25-33H2,1-15H3,(H,46,48)/b21-16-/t35-,36-,37-,38?,39?/m1/s1. The summed E-state index contributed by atoms with van der Waals surface area (Å²) in [5.41, 5.74) is 1.37. The maximum absolute atomic E-state index is 12.3. The lowest BCUT2D eigenvalue weighted by molar-refractivity contribution is -0.121. The number of benzene rings is 1. The molecule has 6 nitrogen and oxygen atoms in total. The van der Waals surface area contributed by atoms with E-state index in [9.17, 15) is 9.59 Å². The molecular formula is C44H80ClNO5Si3. The predicted octanol–water partition coefficient (Wildman–Crippen LogP) is 12.6. The Hall–Kier alpha value is -1.08. The molecule has 1 fully saturated rings. The van der Waals surface area contributed by atoms with Crippen molar-refractivity contribution in [2.45, 2.75) is 199 Å². The van der Waals surface area contributed by atoms with Crippen LogP contribution in [0.15, 0.2) is 42.5 Å². The van der Waals surface area contributed by atoms with Gasteiger partial charge in [-0.15, -0.1) is 0 Å². The quantitative estimate of drug-likeness (QED) is 0.0579. The summed E-state index contributed by atoms with van der Waals surface area (Å²) in [4.78, 5) is 23.3. The third kappa shape index (κ3) is 15.7. The minimum atomic E-state index is -2.07. The van der Waals surface area contributed by atoms with E-state index in [1.807, 2.05) is 0 Å². The molecule has 5 atom stereocenters. The van der Waals surface area contributed by atoms with Crippen molar-refractivity contribution in [3.05, 3.63) is 48.0 Å². The predicted molar refractivity (Wildman–Crippen MR) is 238 cm³/mol. The average Bonchev–Trinajstić information content (AvgIpc) is 3.32. The van der Waals surface area contributed by atoms with Gasteiger partial charge in [-0.1, -0.05) is 105 Å². The van der Waals surface area contributed by atoms with Gasteiger partial charge in [0.15, 0.2) is 25.0 Å². The van der Waals surface area contributed by atoms with E-state index >= 15 is 0 Å². The molecule has 310 valence electrons. The third-order valence-electron chi connectivity index (χ3n) is 13.2. The summed E-state index contributed by atoms with van der Waals surface area (Å²) in [6.45, 7) is 35.7. The first-order chi connectivity index (χ1) is 24.7. The highest BCUT2D eigenvalue weighted by atomic mass is 35.5. The zero-order valence-corrected chi connectivity index (χ0v) is 40.9. The van der Waals surface area contributed by atoms with E-state index in [4.69, 9.17) is 24.9 Å². The second-order valence-corrected chi connectivity index (χ2v) is 35.2. The second-order valence-electron chi connectivity index (χ2n) is 20.6. The van der Waals surface area contributed by atoms with E-state index in [1.165, 1.54) is 5.56 Å². The Bertz CT molecular complexity index is 1330. The Morgan fingerprint density at radius 2 is 1.31 bits per heavy atom. The number of carbonyl (C=O) groups is 2. The molecule has 0 saturated heterocycles. The number of hydrogen-bond donors (Lipinski definition) is 1. The lowest BCUT2D eigenvalue weighted by Crippen LogP contribution is -2.45. The van der Waals surface area contributed by atoms with Crippen LogP contribution in [0.5, 0.6) is 0 Å². The minimum absolute atomic E-state index is 0.0348. The van der Waals surface area contributed by atoms with Crippen molar-refractivity contribution >= 4 is 47.7 Å². The van der Waals surface area contributed by atoms with Crippen molar-refractivity contribution in [1.29, 1.82) is 0 Å². The molecular weight excluding hydrogens is 742 g/mol. The van der Waals surface area contributed by atoms with Gasteiger partial charge in [0.25, 0.3) is 0 Å². The normalized spacial score (nSPS) is 21.1. The molecule has 1 saturated carbocycles. The maximum Gasteiger partial charge on any atom is 0.223 e. The van der Waals surface area contributed by atoms with E-state index in [0.717, 1.165) is 51.4 Å². The topological polar surface area (TPSA) is 73.9 Å². The highest BCUT2D eigenvalue weighted by Gasteiger charge is 2.51. The van der Waals surface area contributed by atoms with Gasteiger partial charge in [-0.25, -0.2) is 0 Å². The number of amides is 1. The second kappa shape index (κ2) is 20.6. The zero-order valence-electron chi connectivity index (χ0n) is 37.1. The maximum atomic E-state index is 12.3. The molecule has 0 bridgehead atoms. The molecule has 0 aliphatic heterocycles. The summed E-state index contributed by atoms with van der Waals surface area (Å²) in [7, 11) is -6.14. The molecule has 0 heterocycles. The summed E-state index contributed by atoms with van der Waals surface area (Å²) in [5.74, 6) is 0.660. The number of hydrogen-bond acceptors (Lipinski definition) is 5. The third-order valence-corrected chi connectivity index (χ3v) is 26.9. The summed E-state index contributed by atoms with van der Waals surface area (Å²) in [6.07, 6.45) is 13.2. The van der Waals surface area contributed by atoms with Gasteiger partial charge in [0.05, 0.1) is 12.2 Å². The average molecular weight is 823 g/mol. The molecule has 1 N–H and O–H groups in total. The van der Waals surface area contributed by atoms with Crippen LogP contribution >= 0.6 is 11.6 Å². The van der Waals surface area contributed by atoms with Crippen LogP contribution in [-0.2, 0) is 29.3 Å². The summed E-state index contributed by atoms with van der Waals surface area (Å²) in [5, 5.41) is 2.72. The fourth-order valence-corrected chi connectivity index (χ4v) is 10.9. The van der Waals surface area contributed by atoms with E-state index in [-0.39, 0.29) is 45.8 Å². The molecule has 1 amide bonds. The van der Waals surface area contributed by atoms with Gasteiger partial charge in [-0.05, 0) is 135 Å². The Kier molecular flexibility index (Phi) is 18.7. The lowest BCUT2D eigenvalue weighted by atomic mass is 9.85. The Morgan fingerprint density at radius 3 is 1.83 bits per heavy atom. The SMILES string of the molecule is CC(C)(C)[Si](C)(C)OC1CC(O[Si](C)(C)C(C)(C)C)[C@H](CC[C@@H](CCc2ccccc2)O[Si](C)(C)C(C)(C)C)[C@H]1C/C=C\CCCC(=O)NCCC(=O)Cl. The molecule has 2 unspecified atom stereocenters. The van der Waals surface area contributed by atoms with Gasteiger partial charge >= 0.3 is 0 Å². The molecule has 1 aliphatic rings. The fourth-order valence-electron chi connectivity index (χ4n) is 6.58. The molecule has 1 aromatic rings. The monoisotopic (exact) mass is 822 g/mol. The van der Waals surface area contributed by atoms with Crippen LogP contribution in [-0.4, -0.2) is 61.0 Å². The number of allylic oxidation sites excluding steroid dienone is 2. The Balaban J connectivity index is 2.42. The largest absolute Gasteiger partial charge is 0.414 e. The smallest absolute Gasteiger partial charge is 0.223 e. The number of unbranched alkanes of at least 4 members (excludes halogenated alkanes) is 1. The van der Waals surface area contributed by atoms with Crippen molar-refractivity contribution in [1.82, 2.24) is 5.32 Å². The first-order valence-electron chi connectivity index (χ1n) is 20.8. The van der Waals surface area contributed by atoms with Crippen LogP contribution in [0.2, 0.25) is 54.4 Å². The molecule has 1 aromatic carbocycles. The van der Waals surface area contributed by atoms with Crippen molar-refractivity contribution < 1.29 is 22.9 Å². The van der Waals surface area contributed by atoms with E-state index < -0.39 is 30.2 Å². The van der Waals surface area contributed by atoms with Crippen molar-refractivity contribution in [2.75, 3.05) is 6.54 Å². The Morgan fingerprint density at radius 1 is 0.778 bits per heavy atom. The number of nitrogens with one attached hydrogen (secondary N) is 1. The molecule has 0 aromatic heterocycles. The van der Waals surface area contributed by atoms with Gasteiger partial charge in [-0.3, -0.25) is 9.59 Å². The van der Waals surface area contributed by atoms with Gasteiger partial charge in [0, 0.05) is 25.5 Å². The molecule has 0 radical (unpaired) electrons. The Labute approximate surface area is 340 Å².